The number of aryl methyl sites for hydroxylation is 1. The topological polar surface area (TPSA) is 26.0 Å². The van der Waals surface area contributed by atoms with Crippen LogP contribution < -0.4 is 5.73 Å². The molecule has 0 aliphatic heterocycles. The summed E-state index contributed by atoms with van der Waals surface area (Å²) in [6.07, 6.45) is 0. The van der Waals surface area contributed by atoms with E-state index < -0.39 is 11.6 Å². The number of thioether (sulfide) groups is 1. The minimum atomic E-state index is -0.815. The molecule has 0 bridgehead atoms. The first-order valence-corrected chi connectivity index (χ1v) is 6.48. The number of hydrogen-bond acceptors (Lipinski definition) is 2. The van der Waals surface area contributed by atoms with Gasteiger partial charge in [-0.05, 0) is 30.7 Å². The number of anilines is 1. The van der Waals surface area contributed by atoms with Gasteiger partial charge in [-0.25, -0.2) is 8.78 Å². The zero-order valence-electron chi connectivity index (χ0n) is 9.91. The fourth-order valence-electron chi connectivity index (χ4n) is 1.61. The standard InChI is InChI=1S/C14H13F2NS/c1-9-5-6-13(12(17)7-9)18-8-10-3-2-4-11(15)14(10)16/h2-7H,8,17H2,1H3. The summed E-state index contributed by atoms with van der Waals surface area (Å²) < 4.78 is 26.5. The first-order chi connectivity index (χ1) is 8.58. The van der Waals surface area contributed by atoms with E-state index in [0.717, 1.165) is 16.5 Å². The number of nitrogens with two attached hydrogens (primary N) is 1. The maximum atomic E-state index is 13.4. The lowest BCUT2D eigenvalue weighted by Crippen LogP contribution is -1.93. The van der Waals surface area contributed by atoms with E-state index in [2.05, 4.69) is 0 Å². The highest BCUT2D eigenvalue weighted by molar-refractivity contribution is 7.98. The van der Waals surface area contributed by atoms with Gasteiger partial charge >= 0.3 is 0 Å². The van der Waals surface area contributed by atoms with Crippen molar-refractivity contribution in [1.82, 2.24) is 0 Å². The summed E-state index contributed by atoms with van der Waals surface area (Å²) in [7, 11) is 0. The molecular weight excluding hydrogens is 252 g/mol. The highest BCUT2D eigenvalue weighted by atomic mass is 32.2. The molecular formula is C14H13F2NS. The monoisotopic (exact) mass is 265 g/mol. The van der Waals surface area contributed by atoms with E-state index in [4.69, 9.17) is 5.73 Å². The molecule has 4 heteroatoms. The third kappa shape index (κ3) is 2.82. The van der Waals surface area contributed by atoms with Gasteiger partial charge < -0.3 is 5.73 Å². The lowest BCUT2D eigenvalue weighted by Gasteiger charge is -2.07. The fourth-order valence-corrected chi connectivity index (χ4v) is 2.54. The van der Waals surface area contributed by atoms with Crippen molar-refractivity contribution in [3.63, 3.8) is 0 Å². The van der Waals surface area contributed by atoms with E-state index in [1.807, 2.05) is 25.1 Å². The van der Waals surface area contributed by atoms with Gasteiger partial charge in [-0.2, -0.15) is 0 Å². The van der Waals surface area contributed by atoms with Crippen LogP contribution in [-0.4, -0.2) is 0 Å². The van der Waals surface area contributed by atoms with Gasteiger partial charge in [-0.3, -0.25) is 0 Å². The van der Waals surface area contributed by atoms with Crippen molar-refractivity contribution in [2.75, 3.05) is 5.73 Å². The molecule has 18 heavy (non-hydrogen) atoms. The van der Waals surface area contributed by atoms with E-state index in [-0.39, 0.29) is 0 Å². The van der Waals surface area contributed by atoms with Crippen LogP contribution in [0.1, 0.15) is 11.1 Å². The van der Waals surface area contributed by atoms with E-state index in [9.17, 15) is 8.78 Å². The van der Waals surface area contributed by atoms with Gasteiger partial charge in [0.1, 0.15) is 0 Å². The predicted octanol–water partition coefficient (Wildman–Crippen LogP) is 4.15. The highest BCUT2D eigenvalue weighted by Crippen LogP contribution is 2.29. The number of halogens is 2. The predicted molar refractivity (Wildman–Crippen MR) is 71.5 cm³/mol. The molecule has 0 fully saturated rings. The second-order valence-corrected chi connectivity index (χ2v) is 5.06. The fraction of sp³-hybridized carbons (Fsp3) is 0.143. The van der Waals surface area contributed by atoms with Gasteiger partial charge in [0.15, 0.2) is 11.6 Å². The minimum absolute atomic E-state index is 0.347. The van der Waals surface area contributed by atoms with E-state index in [1.54, 1.807) is 6.07 Å². The van der Waals surface area contributed by atoms with E-state index in [0.29, 0.717) is 17.0 Å². The van der Waals surface area contributed by atoms with Gasteiger partial charge in [0.05, 0.1) is 0 Å². The zero-order valence-corrected chi connectivity index (χ0v) is 10.7. The second-order valence-electron chi connectivity index (χ2n) is 4.04. The second kappa shape index (κ2) is 5.40. The van der Waals surface area contributed by atoms with Crippen LogP contribution in [0.5, 0.6) is 0 Å². The van der Waals surface area contributed by atoms with Gasteiger partial charge in [0, 0.05) is 21.9 Å². The van der Waals surface area contributed by atoms with Crippen molar-refractivity contribution in [2.45, 2.75) is 17.6 Å². The zero-order chi connectivity index (χ0) is 13.1. The summed E-state index contributed by atoms with van der Waals surface area (Å²) in [4.78, 5) is 0.879. The summed E-state index contributed by atoms with van der Waals surface area (Å²) in [5.41, 5.74) is 7.95. The Labute approximate surface area is 109 Å². The molecule has 2 aromatic rings. The Kier molecular flexibility index (Phi) is 3.87. The van der Waals surface area contributed by atoms with Crippen LogP contribution in [0.3, 0.4) is 0 Å². The molecule has 2 N–H and O–H groups in total. The molecule has 0 saturated heterocycles. The molecule has 0 aromatic heterocycles. The van der Waals surface area contributed by atoms with Crippen molar-refractivity contribution in [3.8, 4) is 0 Å². The summed E-state index contributed by atoms with van der Waals surface area (Å²) in [6.45, 7) is 1.96. The molecule has 0 saturated carbocycles. The molecule has 0 amide bonds. The lowest BCUT2D eigenvalue weighted by molar-refractivity contribution is 0.502. The average molecular weight is 265 g/mol. The van der Waals surface area contributed by atoms with Crippen molar-refractivity contribution in [1.29, 1.82) is 0 Å². The van der Waals surface area contributed by atoms with Crippen LogP contribution in [0.25, 0.3) is 0 Å². The molecule has 0 atom stereocenters. The number of benzene rings is 2. The van der Waals surface area contributed by atoms with Gasteiger partial charge in [0.2, 0.25) is 0 Å². The van der Waals surface area contributed by atoms with Crippen LogP contribution in [0.4, 0.5) is 14.5 Å². The molecule has 2 rings (SSSR count). The van der Waals surface area contributed by atoms with Gasteiger partial charge in [-0.1, -0.05) is 18.2 Å². The van der Waals surface area contributed by atoms with Crippen LogP contribution in [0.2, 0.25) is 0 Å². The number of nitrogen functional groups attached to an aromatic ring is 1. The molecule has 0 radical (unpaired) electrons. The van der Waals surface area contributed by atoms with Crippen molar-refractivity contribution in [3.05, 3.63) is 59.2 Å². The summed E-state index contributed by atoms with van der Waals surface area (Å²) in [5, 5.41) is 0. The Morgan fingerprint density at radius 2 is 1.94 bits per heavy atom. The Morgan fingerprint density at radius 1 is 1.17 bits per heavy atom. The van der Waals surface area contributed by atoms with Crippen molar-refractivity contribution >= 4 is 17.4 Å². The molecule has 0 heterocycles. The minimum Gasteiger partial charge on any atom is -0.398 e. The molecule has 0 unspecified atom stereocenters. The van der Waals surface area contributed by atoms with Crippen molar-refractivity contribution in [2.24, 2.45) is 0 Å². The quantitative estimate of drug-likeness (QED) is 0.666. The van der Waals surface area contributed by atoms with Gasteiger partial charge in [0.25, 0.3) is 0 Å². The van der Waals surface area contributed by atoms with Gasteiger partial charge in [-0.15, -0.1) is 11.8 Å². The molecule has 2 aromatic carbocycles. The summed E-state index contributed by atoms with van der Waals surface area (Å²) >= 11 is 1.40. The molecule has 0 aliphatic carbocycles. The van der Waals surface area contributed by atoms with Crippen LogP contribution in [0, 0.1) is 18.6 Å². The smallest absolute Gasteiger partial charge is 0.162 e. The van der Waals surface area contributed by atoms with Crippen LogP contribution in [0.15, 0.2) is 41.3 Å². The molecule has 1 nitrogen and oxygen atoms in total. The van der Waals surface area contributed by atoms with E-state index in [1.165, 1.54) is 17.8 Å². The van der Waals surface area contributed by atoms with E-state index >= 15 is 0 Å². The molecule has 0 aliphatic rings. The Morgan fingerprint density at radius 3 is 2.67 bits per heavy atom. The first kappa shape index (κ1) is 12.9. The Bertz CT molecular complexity index is 570. The highest BCUT2D eigenvalue weighted by Gasteiger charge is 2.08. The SMILES string of the molecule is Cc1ccc(SCc2cccc(F)c2F)c(N)c1. The first-order valence-electron chi connectivity index (χ1n) is 5.50. The largest absolute Gasteiger partial charge is 0.398 e. The maximum absolute atomic E-state index is 13.4. The number of rotatable bonds is 3. The Hall–Kier alpha value is -1.55. The third-order valence-electron chi connectivity index (χ3n) is 2.58. The maximum Gasteiger partial charge on any atom is 0.162 e. The van der Waals surface area contributed by atoms with Crippen LogP contribution in [-0.2, 0) is 5.75 Å². The molecule has 0 spiro atoms. The normalized spacial score (nSPS) is 10.6. The average Bonchev–Trinajstić information content (AvgIpc) is 2.33. The van der Waals surface area contributed by atoms with Crippen LogP contribution >= 0.6 is 11.8 Å². The molecule has 94 valence electrons. The van der Waals surface area contributed by atoms with Crippen molar-refractivity contribution < 1.29 is 8.78 Å². The summed E-state index contributed by atoms with van der Waals surface area (Å²) in [5.74, 6) is -1.24. The summed E-state index contributed by atoms with van der Waals surface area (Å²) in [6, 6.07) is 9.91. The lowest BCUT2D eigenvalue weighted by atomic mass is 10.2. The third-order valence-corrected chi connectivity index (χ3v) is 3.72. The Balaban J connectivity index is 2.14. The number of hydrogen-bond donors (Lipinski definition) is 1.